The van der Waals surface area contributed by atoms with Crippen molar-refractivity contribution in [2.45, 2.75) is 83.0 Å². The Morgan fingerprint density at radius 3 is 1.81 bits per heavy atom. The third kappa shape index (κ3) is 3.74. The molecule has 5 aromatic carbocycles. The van der Waals surface area contributed by atoms with Crippen LogP contribution in [0.5, 0.6) is 0 Å². The van der Waals surface area contributed by atoms with E-state index in [1.165, 1.54) is 88.1 Å². The minimum atomic E-state index is -0.0479. The van der Waals surface area contributed by atoms with Gasteiger partial charge in [0, 0.05) is 27.8 Å². The molecule has 1 heteroatoms. The maximum Gasteiger partial charge on any atom is 0.0543 e. The Bertz CT molecular complexity index is 2080. The average molecular weight is 626 g/mol. The molecule has 1 nitrogen and oxygen atoms in total. The minimum Gasteiger partial charge on any atom is -0.310 e. The zero-order chi connectivity index (χ0) is 32.6. The van der Waals surface area contributed by atoms with E-state index in [4.69, 9.17) is 0 Å². The van der Waals surface area contributed by atoms with Crippen LogP contribution in [0.25, 0.3) is 22.3 Å². The van der Waals surface area contributed by atoms with Crippen LogP contribution in [-0.4, -0.2) is 0 Å². The number of nitrogens with zero attached hydrogens (tertiary/aromatic N) is 1. The first-order valence-corrected chi connectivity index (χ1v) is 18.5. The molecule has 0 radical (unpaired) electrons. The minimum absolute atomic E-state index is 0.0479. The molecular formula is C47H47N. The van der Waals surface area contributed by atoms with Gasteiger partial charge in [-0.2, -0.15) is 0 Å². The summed E-state index contributed by atoms with van der Waals surface area (Å²) in [7, 11) is 0. The topological polar surface area (TPSA) is 3.24 Å². The van der Waals surface area contributed by atoms with E-state index in [9.17, 15) is 0 Å². The molecule has 0 saturated heterocycles. The van der Waals surface area contributed by atoms with Crippen LogP contribution in [0.3, 0.4) is 0 Å². The van der Waals surface area contributed by atoms with E-state index in [0.717, 1.165) is 23.7 Å². The molecule has 11 rings (SSSR count). The molecule has 4 saturated carbocycles. The summed E-state index contributed by atoms with van der Waals surface area (Å²) >= 11 is 0. The number of hydrogen-bond donors (Lipinski definition) is 0. The van der Waals surface area contributed by atoms with Crippen molar-refractivity contribution in [2.75, 3.05) is 4.90 Å². The van der Waals surface area contributed by atoms with Crippen LogP contribution in [0.2, 0.25) is 0 Å². The molecule has 0 N–H and O–H groups in total. The van der Waals surface area contributed by atoms with Gasteiger partial charge < -0.3 is 4.90 Å². The first-order chi connectivity index (χ1) is 23.2. The van der Waals surface area contributed by atoms with Crippen LogP contribution >= 0.6 is 0 Å². The summed E-state index contributed by atoms with van der Waals surface area (Å²) in [6, 6.07) is 42.6. The third-order valence-corrected chi connectivity index (χ3v) is 13.6. The van der Waals surface area contributed by atoms with Crippen molar-refractivity contribution in [3.63, 3.8) is 0 Å². The van der Waals surface area contributed by atoms with Crippen molar-refractivity contribution in [2.24, 2.45) is 23.7 Å². The summed E-state index contributed by atoms with van der Waals surface area (Å²) in [5, 5.41) is 0. The van der Waals surface area contributed by atoms with Crippen molar-refractivity contribution >= 4 is 17.1 Å². The van der Waals surface area contributed by atoms with Crippen LogP contribution in [0.1, 0.15) is 94.5 Å². The van der Waals surface area contributed by atoms with E-state index in [2.05, 4.69) is 149 Å². The lowest BCUT2D eigenvalue weighted by Crippen LogP contribution is -2.55. The Balaban J connectivity index is 1.22. The highest BCUT2D eigenvalue weighted by atomic mass is 15.1. The summed E-state index contributed by atoms with van der Waals surface area (Å²) in [4.78, 5) is 2.59. The van der Waals surface area contributed by atoms with E-state index >= 15 is 0 Å². The van der Waals surface area contributed by atoms with Gasteiger partial charge >= 0.3 is 0 Å². The molecule has 0 unspecified atom stereocenters. The molecule has 5 aromatic rings. The van der Waals surface area contributed by atoms with E-state index in [1.807, 2.05) is 0 Å². The predicted octanol–water partition coefficient (Wildman–Crippen LogP) is 12.5. The van der Waals surface area contributed by atoms with E-state index in [1.54, 1.807) is 11.1 Å². The van der Waals surface area contributed by atoms with Crippen molar-refractivity contribution in [3.05, 3.63) is 137 Å². The molecule has 0 aliphatic heterocycles. The summed E-state index contributed by atoms with van der Waals surface area (Å²) in [6.45, 7) is 11.7. The highest BCUT2D eigenvalue weighted by molar-refractivity contribution is 5.96. The Kier molecular flexibility index (Phi) is 5.86. The van der Waals surface area contributed by atoms with Crippen molar-refractivity contribution in [1.82, 2.24) is 0 Å². The second-order valence-electron chi connectivity index (χ2n) is 17.5. The Morgan fingerprint density at radius 2 is 1.12 bits per heavy atom. The molecule has 4 fully saturated rings. The molecule has 6 aliphatic carbocycles. The fourth-order valence-corrected chi connectivity index (χ4v) is 11.7. The van der Waals surface area contributed by atoms with Crippen LogP contribution in [0.4, 0.5) is 17.1 Å². The number of rotatable bonds is 3. The number of fused-ring (bicyclic) bond motifs is 6. The quantitative estimate of drug-likeness (QED) is 0.193. The molecule has 4 bridgehead atoms. The SMILES string of the molecule is CC(C)(C)c1ccc(N(c2ccc3c(c2)C2(c4ccccc4-3)C3CC4CC(C3)CC2C4)c2cccc3c2-c2ccccc2C3(C)C)cc1. The first-order valence-electron chi connectivity index (χ1n) is 18.5. The van der Waals surface area contributed by atoms with Gasteiger partial charge in [0.05, 0.1) is 5.69 Å². The molecule has 48 heavy (non-hydrogen) atoms. The second-order valence-corrected chi connectivity index (χ2v) is 17.5. The highest BCUT2D eigenvalue weighted by Crippen LogP contribution is 2.69. The fourth-order valence-electron chi connectivity index (χ4n) is 11.7. The van der Waals surface area contributed by atoms with Crippen LogP contribution in [0.15, 0.2) is 109 Å². The van der Waals surface area contributed by atoms with Gasteiger partial charge in [0.25, 0.3) is 0 Å². The largest absolute Gasteiger partial charge is 0.310 e. The van der Waals surface area contributed by atoms with Gasteiger partial charge in [-0.1, -0.05) is 113 Å². The molecular weight excluding hydrogens is 579 g/mol. The smallest absolute Gasteiger partial charge is 0.0543 e. The fraction of sp³-hybridized carbons (Fsp3) is 0.362. The summed E-state index contributed by atoms with van der Waals surface area (Å²) in [5.74, 6) is 3.37. The lowest BCUT2D eigenvalue weighted by Gasteiger charge is -2.61. The maximum atomic E-state index is 2.65. The van der Waals surface area contributed by atoms with Crippen molar-refractivity contribution in [1.29, 1.82) is 0 Å². The lowest BCUT2D eigenvalue weighted by atomic mass is 9.43. The molecule has 240 valence electrons. The lowest BCUT2D eigenvalue weighted by molar-refractivity contribution is -0.0399. The first kappa shape index (κ1) is 28.9. The van der Waals surface area contributed by atoms with E-state index < -0.39 is 0 Å². The van der Waals surface area contributed by atoms with Gasteiger partial charge in [0.2, 0.25) is 0 Å². The molecule has 0 heterocycles. The number of hydrogen-bond acceptors (Lipinski definition) is 1. The van der Waals surface area contributed by atoms with Gasteiger partial charge in [-0.3, -0.25) is 0 Å². The number of benzene rings is 5. The molecule has 6 aliphatic rings. The van der Waals surface area contributed by atoms with Gasteiger partial charge in [-0.05, 0) is 136 Å². The zero-order valence-electron chi connectivity index (χ0n) is 29.2. The summed E-state index contributed by atoms with van der Waals surface area (Å²) in [6.07, 6.45) is 7.09. The standard InChI is InChI=1S/C47H47N/c1-45(2,3)31-17-19-34(20-18-31)48(43-16-10-15-41-44(43)38-12-7-8-13-39(38)46(41,4)5)35-21-22-37-36-11-6-9-14-40(36)47(42(37)28-35)32-24-29-23-30(26-32)27-33(47)25-29/h6-22,28-30,32-33H,23-27H2,1-5H3. The normalized spacial score (nSPS) is 26.7. The molecule has 0 amide bonds. The highest BCUT2D eigenvalue weighted by Gasteiger charge is 2.61. The van der Waals surface area contributed by atoms with Gasteiger partial charge in [-0.25, -0.2) is 0 Å². The van der Waals surface area contributed by atoms with Crippen LogP contribution < -0.4 is 4.90 Å². The van der Waals surface area contributed by atoms with Crippen molar-refractivity contribution in [3.8, 4) is 22.3 Å². The second kappa shape index (κ2) is 9.75. The zero-order valence-corrected chi connectivity index (χ0v) is 29.2. The van der Waals surface area contributed by atoms with Crippen molar-refractivity contribution < 1.29 is 0 Å². The van der Waals surface area contributed by atoms with Crippen LogP contribution in [0, 0.1) is 23.7 Å². The molecule has 1 spiro atoms. The average Bonchev–Trinajstić information content (AvgIpc) is 3.50. The van der Waals surface area contributed by atoms with Gasteiger partial charge in [0.15, 0.2) is 0 Å². The summed E-state index contributed by atoms with van der Waals surface area (Å²) in [5.41, 5.74) is 17.2. The Labute approximate surface area is 287 Å². The molecule has 0 atom stereocenters. The Hall–Kier alpha value is -4.10. The van der Waals surface area contributed by atoms with E-state index in [0.29, 0.717) is 0 Å². The van der Waals surface area contributed by atoms with E-state index in [-0.39, 0.29) is 16.2 Å². The maximum absolute atomic E-state index is 2.65. The summed E-state index contributed by atoms with van der Waals surface area (Å²) < 4.78 is 0. The molecule has 0 aromatic heterocycles. The third-order valence-electron chi connectivity index (χ3n) is 13.6. The monoisotopic (exact) mass is 625 g/mol. The number of anilines is 3. The van der Waals surface area contributed by atoms with Gasteiger partial charge in [0.1, 0.15) is 0 Å². The Morgan fingerprint density at radius 1 is 0.542 bits per heavy atom. The van der Waals surface area contributed by atoms with Crippen LogP contribution in [-0.2, 0) is 16.2 Å². The predicted molar refractivity (Wildman–Crippen MR) is 201 cm³/mol. The van der Waals surface area contributed by atoms with Gasteiger partial charge in [-0.15, -0.1) is 0 Å².